The van der Waals surface area contributed by atoms with Crippen LogP contribution >= 0.6 is 35.0 Å². The van der Waals surface area contributed by atoms with Crippen molar-refractivity contribution in [2.24, 2.45) is 0 Å². The highest BCUT2D eigenvalue weighted by molar-refractivity contribution is 7.99. The van der Waals surface area contributed by atoms with E-state index in [1.54, 1.807) is 25.1 Å². The number of aryl methyl sites for hydroxylation is 1. The molecule has 1 amide bonds. The lowest BCUT2D eigenvalue weighted by Crippen LogP contribution is -2.19. The third-order valence-electron chi connectivity index (χ3n) is 3.97. The number of hydrogen-bond donors (Lipinski definition) is 2. The monoisotopic (exact) mass is 433 g/mol. The molecule has 0 spiro atoms. The van der Waals surface area contributed by atoms with E-state index in [-0.39, 0.29) is 17.2 Å². The largest absolute Gasteiger partial charge is 0.324 e. The van der Waals surface area contributed by atoms with Crippen molar-refractivity contribution >= 4 is 46.6 Å². The number of aromatic amines is 1. The third-order valence-corrected chi connectivity index (χ3v) is 5.39. The normalized spacial score (nSPS) is 10.7. The standard InChI is InChI=1S/C20H17Cl2N3O2S/c1-12-15(9-13-5-3-2-4-6-13)19(27)25-20(23-12)28-11-18(26)24-17-8-7-14(21)10-16(17)22/h2-8,10H,9,11H2,1H3,(H,24,26)(H,23,25,27). The van der Waals surface area contributed by atoms with E-state index >= 15 is 0 Å². The van der Waals surface area contributed by atoms with Crippen LogP contribution < -0.4 is 10.9 Å². The molecule has 1 heterocycles. The van der Waals surface area contributed by atoms with Crippen molar-refractivity contribution < 1.29 is 4.79 Å². The van der Waals surface area contributed by atoms with E-state index in [0.717, 1.165) is 17.3 Å². The van der Waals surface area contributed by atoms with Crippen LogP contribution in [-0.2, 0) is 11.2 Å². The van der Waals surface area contributed by atoms with Crippen LogP contribution in [0, 0.1) is 6.92 Å². The molecule has 144 valence electrons. The molecule has 3 aromatic rings. The van der Waals surface area contributed by atoms with Crippen molar-refractivity contribution in [1.29, 1.82) is 0 Å². The number of carbonyl (C=O) groups excluding carboxylic acids is 1. The van der Waals surface area contributed by atoms with Crippen molar-refractivity contribution in [3.63, 3.8) is 0 Å². The Labute approximate surface area is 176 Å². The lowest BCUT2D eigenvalue weighted by atomic mass is 10.1. The van der Waals surface area contributed by atoms with E-state index < -0.39 is 0 Å². The highest BCUT2D eigenvalue weighted by Crippen LogP contribution is 2.25. The van der Waals surface area contributed by atoms with Gasteiger partial charge in [0.15, 0.2) is 5.16 Å². The van der Waals surface area contributed by atoms with Crippen LogP contribution in [0.2, 0.25) is 10.0 Å². The minimum Gasteiger partial charge on any atom is -0.324 e. The first-order valence-electron chi connectivity index (χ1n) is 8.44. The summed E-state index contributed by atoms with van der Waals surface area (Å²) in [5, 5.41) is 3.96. The number of carbonyl (C=O) groups is 1. The predicted molar refractivity (Wildman–Crippen MR) is 115 cm³/mol. The molecule has 0 aliphatic carbocycles. The number of nitrogens with one attached hydrogen (secondary N) is 2. The van der Waals surface area contributed by atoms with Gasteiger partial charge in [-0.2, -0.15) is 0 Å². The average Bonchev–Trinajstić information content (AvgIpc) is 2.66. The van der Waals surface area contributed by atoms with Gasteiger partial charge in [-0.05, 0) is 30.7 Å². The lowest BCUT2D eigenvalue weighted by Gasteiger charge is -2.09. The Bertz CT molecular complexity index is 1060. The maximum Gasteiger partial charge on any atom is 0.255 e. The summed E-state index contributed by atoms with van der Waals surface area (Å²) in [6, 6.07) is 14.6. The summed E-state index contributed by atoms with van der Waals surface area (Å²) in [7, 11) is 0. The summed E-state index contributed by atoms with van der Waals surface area (Å²) in [4.78, 5) is 31.8. The minimum absolute atomic E-state index is 0.0827. The molecular formula is C20H17Cl2N3O2S. The second-order valence-electron chi connectivity index (χ2n) is 6.06. The van der Waals surface area contributed by atoms with Crippen LogP contribution in [0.1, 0.15) is 16.8 Å². The summed E-state index contributed by atoms with van der Waals surface area (Å²) in [5.74, 6) is -0.179. The van der Waals surface area contributed by atoms with Gasteiger partial charge in [0.05, 0.1) is 16.5 Å². The molecule has 2 N–H and O–H groups in total. The molecule has 1 aromatic heterocycles. The van der Waals surface area contributed by atoms with Crippen molar-refractivity contribution in [2.75, 3.05) is 11.1 Å². The molecular weight excluding hydrogens is 417 g/mol. The van der Waals surface area contributed by atoms with Gasteiger partial charge in [0, 0.05) is 22.7 Å². The Kier molecular flexibility index (Phi) is 6.78. The SMILES string of the molecule is Cc1nc(SCC(=O)Nc2ccc(Cl)cc2Cl)[nH]c(=O)c1Cc1ccccc1. The number of thioether (sulfide) groups is 1. The number of aromatic nitrogens is 2. The van der Waals surface area contributed by atoms with Crippen molar-refractivity contribution in [3.05, 3.63) is 85.8 Å². The predicted octanol–water partition coefficient (Wildman–Crippen LogP) is 4.71. The summed E-state index contributed by atoms with van der Waals surface area (Å²) < 4.78 is 0. The van der Waals surface area contributed by atoms with Gasteiger partial charge in [0.25, 0.3) is 5.56 Å². The van der Waals surface area contributed by atoms with E-state index in [0.29, 0.717) is 38.6 Å². The maximum atomic E-state index is 12.4. The fourth-order valence-corrected chi connectivity index (χ4v) is 3.73. The van der Waals surface area contributed by atoms with E-state index in [1.165, 1.54) is 0 Å². The van der Waals surface area contributed by atoms with Crippen LogP contribution in [0.15, 0.2) is 58.5 Å². The van der Waals surface area contributed by atoms with E-state index in [4.69, 9.17) is 23.2 Å². The third kappa shape index (κ3) is 5.38. The zero-order chi connectivity index (χ0) is 20.1. The minimum atomic E-state index is -0.261. The molecule has 8 heteroatoms. The van der Waals surface area contributed by atoms with E-state index in [9.17, 15) is 9.59 Å². The molecule has 0 aliphatic rings. The molecule has 0 bridgehead atoms. The fourth-order valence-electron chi connectivity index (χ4n) is 2.57. The van der Waals surface area contributed by atoms with Crippen molar-refractivity contribution in [1.82, 2.24) is 9.97 Å². The summed E-state index contributed by atoms with van der Waals surface area (Å²) in [6.45, 7) is 1.80. The molecule has 0 fully saturated rings. The smallest absolute Gasteiger partial charge is 0.255 e. The zero-order valence-corrected chi connectivity index (χ0v) is 17.3. The zero-order valence-electron chi connectivity index (χ0n) is 15.0. The summed E-state index contributed by atoms with van der Waals surface area (Å²) in [5.41, 5.74) is 2.59. The quantitative estimate of drug-likeness (QED) is 0.436. The summed E-state index contributed by atoms with van der Waals surface area (Å²) in [6.07, 6.45) is 0.509. The van der Waals surface area contributed by atoms with Crippen LogP contribution in [0.25, 0.3) is 0 Å². The molecule has 28 heavy (non-hydrogen) atoms. The first kappa shape index (κ1) is 20.5. The van der Waals surface area contributed by atoms with Crippen LogP contribution in [0.5, 0.6) is 0 Å². The van der Waals surface area contributed by atoms with Crippen molar-refractivity contribution in [2.45, 2.75) is 18.5 Å². The van der Waals surface area contributed by atoms with E-state index in [2.05, 4.69) is 15.3 Å². The molecule has 5 nitrogen and oxygen atoms in total. The number of H-pyrrole nitrogens is 1. The number of anilines is 1. The number of hydrogen-bond acceptors (Lipinski definition) is 4. The summed E-state index contributed by atoms with van der Waals surface area (Å²) >= 11 is 13.0. The van der Waals surface area contributed by atoms with Crippen LogP contribution in [0.4, 0.5) is 5.69 Å². The number of amides is 1. The highest BCUT2D eigenvalue weighted by Gasteiger charge is 2.12. The van der Waals surface area contributed by atoms with Crippen LogP contribution in [0.3, 0.4) is 0 Å². The molecule has 2 aromatic carbocycles. The fraction of sp³-hybridized carbons (Fsp3) is 0.150. The van der Waals surface area contributed by atoms with Gasteiger partial charge in [0.1, 0.15) is 0 Å². The first-order valence-corrected chi connectivity index (χ1v) is 10.2. The molecule has 0 unspecified atom stereocenters. The Hall–Kier alpha value is -2.28. The molecule has 0 radical (unpaired) electrons. The Morgan fingerprint density at radius 3 is 2.61 bits per heavy atom. The number of nitrogens with zero attached hydrogens (tertiary/aromatic N) is 1. The van der Waals surface area contributed by atoms with Gasteiger partial charge < -0.3 is 10.3 Å². The van der Waals surface area contributed by atoms with Gasteiger partial charge >= 0.3 is 0 Å². The first-order chi connectivity index (χ1) is 13.4. The Morgan fingerprint density at radius 2 is 1.93 bits per heavy atom. The van der Waals surface area contributed by atoms with E-state index in [1.807, 2.05) is 30.3 Å². The van der Waals surface area contributed by atoms with Crippen molar-refractivity contribution in [3.8, 4) is 0 Å². The molecule has 3 rings (SSSR count). The highest BCUT2D eigenvalue weighted by atomic mass is 35.5. The average molecular weight is 434 g/mol. The lowest BCUT2D eigenvalue weighted by molar-refractivity contribution is -0.113. The molecule has 0 saturated carbocycles. The topological polar surface area (TPSA) is 74.8 Å². The molecule has 0 saturated heterocycles. The second-order valence-corrected chi connectivity index (χ2v) is 7.87. The molecule has 0 atom stereocenters. The number of rotatable bonds is 6. The molecule has 0 aliphatic heterocycles. The number of halogens is 2. The maximum absolute atomic E-state index is 12.4. The number of benzene rings is 2. The van der Waals surface area contributed by atoms with Gasteiger partial charge in [-0.3, -0.25) is 9.59 Å². The van der Waals surface area contributed by atoms with Gasteiger partial charge in [-0.1, -0.05) is 65.3 Å². The van der Waals surface area contributed by atoms with Gasteiger partial charge in [-0.15, -0.1) is 0 Å². The second kappa shape index (κ2) is 9.28. The Morgan fingerprint density at radius 1 is 1.18 bits per heavy atom. The Balaban J connectivity index is 1.64. The van der Waals surface area contributed by atoms with Gasteiger partial charge in [0.2, 0.25) is 5.91 Å². The van der Waals surface area contributed by atoms with Gasteiger partial charge in [-0.25, -0.2) is 4.98 Å². The van der Waals surface area contributed by atoms with Crippen LogP contribution in [-0.4, -0.2) is 21.6 Å².